The van der Waals surface area contributed by atoms with Crippen LogP contribution >= 0.6 is 0 Å². The van der Waals surface area contributed by atoms with Crippen molar-refractivity contribution in [3.8, 4) is 34.8 Å². The molecular weight excluding hydrogens is 256 g/mol. The van der Waals surface area contributed by atoms with Crippen molar-refractivity contribution in [2.24, 2.45) is 0 Å². The van der Waals surface area contributed by atoms with Gasteiger partial charge in [0.2, 0.25) is 5.75 Å². The van der Waals surface area contributed by atoms with E-state index in [2.05, 4.69) is 11.8 Å². The molecule has 0 heterocycles. The molecule has 0 atom stereocenters. The predicted molar refractivity (Wildman–Crippen MR) is 75.3 cm³/mol. The molecule has 2 aromatic carbocycles. The third kappa shape index (κ3) is 2.96. The molecule has 0 fully saturated rings. The molecule has 20 heavy (non-hydrogen) atoms. The Kier molecular flexibility index (Phi) is 4.02. The lowest BCUT2D eigenvalue weighted by Gasteiger charge is -2.05. The number of benzene rings is 2. The Balaban J connectivity index is 2.35. The minimum absolute atomic E-state index is 0.181. The molecule has 0 aliphatic rings. The van der Waals surface area contributed by atoms with Crippen LogP contribution in [0.1, 0.15) is 11.1 Å². The Morgan fingerprint density at radius 2 is 1.65 bits per heavy atom. The van der Waals surface area contributed by atoms with E-state index < -0.39 is 0 Å². The van der Waals surface area contributed by atoms with Crippen molar-refractivity contribution >= 4 is 0 Å². The van der Waals surface area contributed by atoms with Crippen LogP contribution in [0, 0.1) is 11.8 Å². The van der Waals surface area contributed by atoms with Crippen molar-refractivity contribution in [2.45, 2.75) is 0 Å². The lowest BCUT2D eigenvalue weighted by molar-refractivity contribution is 0.351. The standard InChI is InChI=1S/C16H14O4/c1-19-13-5-3-4-11(8-13)6-7-12-9-14(17)16(18)15(10-12)20-2/h3-5,8-10,17-18H,1-2H3. The van der Waals surface area contributed by atoms with Gasteiger partial charge in [0.15, 0.2) is 11.5 Å². The molecule has 0 aromatic heterocycles. The number of phenolic OH excluding ortho intramolecular Hbond substituents is 2. The first-order valence-corrected chi connectivity index (χ1v) is 5.90. The lowest BCUT2D eigenvalue weighted by Crippen LogP contribution is -1.86. The molecule has 2 aromatic rings. The maximum Gasteiger partial charge on any atom is 0.200 e. The van der Waals surface area contributed by atoms with Crippen molar-refractivity contribution in [2.75, 3.05) is 14.2 Å². The lowest BCUT2D eigenvalue weighted by atomic mass is 10.1. The smallest absolute Gasteiger partial charge is 0.200 e. The zero-order chi connectivity index (χ0) is 14.5. The van der Waals surface area contributed by atoms with Crippen molar-refractivity contribution < 1.29 is 19.7 Å². The van der Waals surface area contributed by atoms with Gasteiger partial charge >= 0.3 is 0 Å². The van der Waals surface area contributed by atoms with Gasteiger partial charge in [0.25, 0.3) is 0 Å². The second kappa shape index (κ2) is 5.89. The van der Waals surface area contributed by atoms with E-state index in [1.807, 2.05) is 24.3 Å². The summed E-state index contributed by atoms with van der Waals surface area (Å²) >= 11 is 0. The molecule has 2 N–H and O–H groups in total. The molecule has 102 valence electrons. The van der Waals surface area contributed by atoms with Crippen LogP contribution in [0.4, 0.5) is 0 Å². The van der Waals surface area contributed by atoms with Crippen LogP contribution in [-0.4, -0.2) is 24.4 Å². The Labute approximate surface area is 117 Å². The van der Waals surface area contributed by atoms with Gasteiger partial charge in [-0.25, -0.2) is 0 Å². The van der Waals surface area contributed by atoms with E-state index in [9.17, 15) is 10.2 Å². The molecule has 0 aliphatic carbocycles. The van der Waals surface area contributed by atoms with Crippen LogP contribution in [0.5, 0.6) is 23.0 Å². The minimum atomic E-state index is -0.292. The van der Waals surface area contributed by atoms with Gasteiger partial charge in [-0.1, -0.05) is 17.9 Å². The molecule has 0 radical (unpaired) electrons. The first kappa shape index (κ1) is 13.6. The Hall–Kier alpha value is -2.80. The fraction of sp³-hybridized carbons (Fsp3) is 0.125. The van der Waals surface area contributed by atoms with Crippen LogP contribution in [-0.2, 0) is 0 Å². The first-order chi connectivity index (χ1) is 9.63. The highest BCUT2D eigenvalue weighted by Crippen LogP contribution is 2.35. The predicted octanol–water partition coefficient (Wildman–Crippen LogP) is 2.51. The average Bonchev–Trinajstić information content (AvgIpc) is 2.48. The van der Waals surface area contributed by atoms with E-state index in [1.54, 1.807) is 13.2 Å². The highest BCUT2D eigenvalue weighted by Gasteiger charge is 2.08. The molecule has 0 aliphatic heterocycles. The number of rotatable bonds is 2. The van der Waals surface area contributed by atoms with E-state index in [-0.39, 0.29) is 17.2 Å². The maximum atomic E-state index is 9.57. The summed E-state index contributed by atoms with van der Waals surface area (Å²) in [5.41, 5.74) is 1.33. The highest BCUT2D eigenvalue weighted by molar-refractivity contribution is 5.57. The van der Waals surface area contributed by atoms with Crippen LogP contribution in [0.3, 0.4) is 0 Å². The van der Waals surface area contributed by atoms with Gasteiger partial charge in [-0.05, 0) is 30.3 Å². The fourth-order valence-corrected chi connectivity index (χ4v) is 1.67. The largest absolute Gasteiger partial charge is 0.504 e. The molecule has 4 nitrogen and oxygen atoms in total. The normalized spacial score (nSPS) is 9.50. The Morgan fingerprint density at radius 1 is 0.900 bits per heavy atom. The summed E-state index contributed by atoms with van der Waals surface area (Å²) in [5.74, 6) is 6.20. The molecule has 0 saturated heterocycles. The van der Waals surface area contributed by atoms with Crippen LogP contribution in [0.15, 0.2) is 36.4 Å². The van der Waals surface area contributed by atoms with E-state index >= 15 is 0 Å². The van der Waals surface area contributed by atoms with Gasteiger partial charge in [0.05, 0.1) is 14.2 Å². The van der Waals surface area contributed by atoms with Crippen LogP contribution < -0.4 is 9.47 Å². The Bertz CT molecular complexity index is 681. The zero-order valence-electron chi connectivity index (χ0n) is 11.2. The molecule has 0 spiro atoms. The number of phenols is 2. The van der Waals surface area contributed by atoms with E-state index in [0.29, 0.717) is 5.56 Å². The molecule has 0 amide bonds. The fourth-order valence-electron chi connectivity index (χ4n) is 1.67. The van der Waals surface area contributed by atoms with Crippen molar-refractivity contribution in [3.63, 3.8) is 0 Å². The number of methoxy groups -OCH3 is 2. The van der Waals surface area contributed by atoms with Gasteiger partial charge in [-0.2, -0.15) is 0 Å². The molecule has 0 bridgehead atoms. The monoisotopic (exact) mass is 270 g/mol. The number of hydrogen-bond donors (Lipinski definition) is 2. The van der Waals surface area contributed by atoms with Crippen LogP contribution in [0.25, 0.3) is 0 Å². The molecule has 2 rings (SSSR count). The second-order valence-corrected chi connectivity index (χ2v) is 4.03. The SMILES string of the molecule is COc1cccc(C#Cc2cc(O)c(O)c(OC)c2)c1. The third-order valence-electron chi connectivity index (χ3n) is 2.70. The highest BCUT2D eigenvalue weighted by atomic mass is 16.5. The summed E-state index contributed by atoms with van der Waals surface area (Å²) in [6.45, 7) is 0. The summed E-state index contributed by atoms with van der Waals surface area (Å²) in [6, 6.07) is 10.3. The average molecular weight is 270 g/mol. The zero-order valence-corrected chi connectivity index (χ0v) is 11.2. The summed E-state index contributed by atoms with van der Waals surface area (Å²) < 4.78 is 10.1. The van der Waals surface area contributed by atoms with E-state index in [0.717, 1.165) is 11.3 Å². The number of aromatic hydroxyl groups is 2. The van der Waals surface area contributed by atoms with Crippen molar-refractivity contribution in [1.82, 2.24) is 0 Å². The molecule has 4 heteroatoms. The topological polar surface area (TPSA) is 58.9 Å². The van der Waals surface area contributed by atoms with Crippen molar-refractivity contribution in [3.05, 3.63) is 47.5 Å². The summed E-state index contributed by atoms with van der Waals surface area (Å²) in [5, 5.41) is 19.1. The molecule has 0 unspecified atom stereocenters. The first-order valence-electron chi connectivity index (χ1n) is 5.90. The summed E-state index contributed by atoms with van der Waals surface area (Å²) in [7, 11) is 3.00. The Morgan fingerprint density at radius 3 is 2.35 bits per heavy atom. The number of ether oxygens (including phenoxy) is 2. The summed E-state index contributed by atoms with van der Waals surface area (Å²) in [6.07, 6.45) is 0. The minimum Gasteiger partial charge on any atom is -0.504 e. The van der Waals surface area contributed by atoms with Gasteiger partial charge in [0, 0.05) is 11.1 Å². The van der Waals surface area contributed by atoms with Crippen LogP contribution in [0.2, 0.25) is 0 Å². The van der Waals surface area contributed by atoms with E-state index in [1.165, 1.54) is 13.2 Å². The van der Waals surface area contributed by atoms with Crippen molar-refractivity contribution in [1.29, 1.82) is 0 Å². The third-order valence-corrected chi connectivity index (χ3v) is 2.70. The van der Waals surface area contributed by atoms with Gasteiger partial charge < -0.3 is 19.7 Å². The summed E-state index contributed by atoms with van der Waals surface area (Å²) in [4.78, 5) is 0. The quantitative estimate of drug-likeness (QED) is 0.650. The molecular formula is C16H14O4. The number of hydrogen-bond acceptors (Lipinski definition) is 4. The van der Waals surface area contributed by atoms with Gasteiger partial charge in [0.1, 0.15) is 5.75 Å². The van der Waals surface area contributed by atoms with Gasteiger partial charge in [-0.15, -0.1) is 0 Å². The second-order valence-electron chi connectivity index (χ2n) is 4.03. The molecule has 0 saturated carbocycles. The van der Waals surface area contributed by atoms with Gasteiger partial charge in [-0.3, -0.25) is 0 Å². The van der Waals surface area contributed by atoms with E-state index in [4.69, 9.17) is 9.47 Å². The maximum absolute atomic E-state index is 9.57.